The fraction of sp³-hybridized carbons (Fsp3) is 0. The highest BCUT2D eigenvalue weighted by atomic mass is 79.9. The monoisotopic (exact) mass is 334 g/mol. The number of hydrogen-bond acceptors (Lipinski definition) is 2. The van der Waals surface area contributed by atoms with Crippen molar-refractivity contribution in [2.45, 2.75) is 0 Å². The van der Waals surface area contributed by atoms with Gasteiger partial charge in [0.25, 0.3) is 0 Å². The van der Waals surface area contributed by atoms with Gasteiger partial charge in [-0.25, -0.2) is 0 Å². The molecular weight excluding hydrogens is 331 g/mol. The zero-order chi connectivity index (χ0) is 11.7. The molecule has 0 atom stereocenters. The molecule has 0 N–H and O–H groups in total. The van der Waals surface area contributed by atoms with Gasteiger partial charge in [0, 0.05) is 10.0 Å². The van der Waals surface area contributed by atoms with Crippen molar-refractivity contribution < 1.29 is 4.79 Å². The molecule has 0 fully saturated rings. The Morgan fingerprint density at radius 3 is 2.50 bits per heavy atom. The van der Waals surface area contributed by atoms with E-state index in [-0.39, 0.29) is 5.78 Å². The highest BCUT2D eigenvalue weighted by molar-refractivity contribution is 9.10. The van der Waals surface area contributed by atoms with Crippen LogP contribution in [0.3, 0.4) is 0 Å². The quantitative estimate of drug-likeness (QED) is 0.702. The number of benzene rings is 1. The van der Waals surface area contributed by atoms with Gasteiger partial charge < -0.3 is 0 Å². The maximum absolute atomic E-state index is 12.1. The van der Waals surface area contributed by atoms with Crippen LogP contribution in [0.2, 0.25) is 10.0 Å². The molecule has 1 aromatic carbocycles. The fourth-order valence-corrected chi connectivity index (χ4v) is 2.82. The van der Waals surface area contributed by atoms with Crippen LogP contribution >= 0.6 is 50.5 Å². The van der Waals surface area contributed by atoms with Crippen LogP contribution in [0, 0.1) is 0 Å². The minimum atomic E-state index is -0.0858. The van der Waals surface area contributed by atoms with Crippen molar-refractivity contribution in [1.82, 2.24) is 0 Å². The van der Waals surface area contributed by atoms with Gasteiger partial charge in [0.1, 0.15) is 0 Å². The number of thiophene rings is 1. The summed E-state index contributed by atoms with van der Waals surface area (Å²) in [7, 11) is 0. The molecule has 1 nitrogen and oxygen atoms in total. The predicted molar refractivity (Wildman–Crippen MR) is 71.9 cm³/mol. The standard InChI is InChI=1S/C11H5BrCl2OS/c12-7-5-6(1-2-8(7)13)10(15)11-9(14)3-4-16-11/h1-5H. The van der Waals surface area contributed by atoms with Crippen molar-refractivity contribution in [3.05, 3.63) is 54.6 Å². The molecule has 0 saturated heterocycles. The molecule has 0 amide bonds. The van der Waals surface area contributed by atoms with Crippen LogP contribution in [-0.2, 0) is 0 Å². The largest absolute Gasteiger partial charge is 0.288 e. The summed E-state index contributed by atoms with van der Waals surface area (Å²) < 4.78 is 0.702. The zero-order valence-electron chi connectivity index (χ0n) is 7.84. The Labute approximate surface area is 115 Å². The topological polar surface area (TPSA) is 17.1 Å². The molecule has 2 rings (SSSR count). The van der Waals surface area contributed by atoms with E-state index in [4.69, 9.17) is 23.2 Å². The second kappa shape index (κ2) is 4.88. The van der Waals surface area contributed by atoms with E-state index in [2.05, 4.69) is 15.9 Å². The summed E-state index contributed by atoms with van der Waals surface area (Å²) in [4.78, 5) is 12.6. The number of carbonyl (C=O) groups is 1. The Balaban J connectivity index is 2.42. The van der Waals surface area contributed by atoms with Gasteiger partial charge in [-0.15, -0.1) is 11.3 Å². The molecule has 0 aliphatic rings. The van der Waals surface area contributed by atoms with Gasteiger partial charge in [-0.1, -0.05) is 23.2 Å². The number of halogens is 3. The Kier molecular flexibility index (Phi) is 3.70. The molecule has 1 aromatic heterocycles. The second-order valence-electron chi connectivity index (χ2n) is 3.06. The van der Waals surface area contributed by atoms with E-state index in [0.29, 0.717) is 25.0 Å². The molecule has 0 radical (unpaired) electrons. The SMILES string of the molecule is O=C(c1ccc(Cl)c(Br)c1)c1sccc1Cl. The molecule has 1 heterocycles. The number of rotatable bonds is 2. The van der Waals surface area contributed by atoms with Gasteiger partial charge in [0.05, 0.1) is 14.9 Å². The third-order valence-corrected chi connectivity index (χ3v) is 4.56. The first-order valence-corrected chi connectivity index (χ1v) is 6.75. The van der Waals surface area contributed by atoms with Gasteiger partial charge >= 0.3 is 0 Å². The summed E-state index contributed by atoms with van der Waals surface area (Å²) >= 11 is 16.4. The first-order chi connectivity index (χ1) is 7.59. The van der Waals surface area contributed by atoms with Gasteiger partial charge in [-0.05, 0) is 45.6 Å². The van der Waals surface area contributed by atoms with E-state index in [1.807, 2.05) is 0 Å². The lowest BCUT2D eigenvalue weighted by Gasteiger charge is -2.01. The Morgan fingerprint density at radius 2 is 1.94 bits per heavy atom. The van der Waals surface area contributed by atoms with E-state index in [9.17, 15) is 4.79 Å². The first kappa shape index (κ1) is 12.1. The Bertz CT molecular complexity index is 551. The molecule has 0 aliphatic heterocycles. The summed E-state index contributed by atoms with van der Waals surface area (Å²) in [6, 6.07) is 6.77. The number of ketones is 1. The van der Waals surface area contributed by atoms with E-state index in [0.717, 1.165) is 0 Å². The Morgan fingerprint density at radius 1 is 1.19 bits per heavy atom. The van der Waals surface area contributed by atoms with Crippen LogP contribution in [0.25, 0.3) is 0 Å². The van der Waals surface area contributed by atoms with Crippen LogP contribution in [0.1, 0.15) is 15.2 Å². The van der Waals surface area contributed by atoms with Crippen molar-refractivity contribution in [2.75, 3.05) is 0 Å². The molecule has 2 aromatic rings. The average Bonchev–Trinajstić information content (AvgIpc) is 2.67. The number of hydrogen-bond donors (Lipinski definition) is 0. The van der Waals surface area contributed by atoms with Crippen molar-refractivity contribution >= 4 is 56.3 Å². The molecule has 5 heteroatoms. The summed E-state index contributed by atoms with van der Waals surface area (Å²) in [6.07, 6.45) is 0. The smallest absolute Gasteiger partial charge is 0.204 e. The maximum Gasteiger partial charge on any atom is 0.204 e. The fourth-order valence-electron chi connectivity index (χ4n) is 1.22. The van der Waals surface area contributed by atoms with E-state index in [1.54, 1.807) is 29.6 Å². The second-order valence-corrected chi connectivity index (χ2v) is 5.64. The average molecular weight is 336 g/mol. The minimum absolute atomic E-state index is 0.0858. The molecule has 16 heavy (non-hydrogen) atoms. The van der Waals surface area contributed by atoms with Crippen LogP contribution in [0.15, 0.2) is 34.1 Å². The molecule has 0 spiro atoms. The first-order valence-electron chi connectivity index (χ1n) is 4.32. The molecule has 0 aliphatic carbocycles. The van der Waals surface area contributed by atoms with Gasteiger partial charge in [0.2, 0.25) is 5.78 Å². The van der Waals surface area contributed by atoms with Crippen LogP contribution in [-0.4, -0.2) is 5.78 Å². The van der Waals surface area contributed by atoms with Crippen LogP contribution in [0.5, 0.6) is 0 Å². The summed E-state index contributed by atoms with van der Waals surface area (Å²) in [5.41, 5.74) is 0.570. The van der Waals surface area contributed by atoms with E-state index < -0.39 is 0 Å². The van der Waals surface area contributed by atoms with E-state index in [1.165, 1.54) is 11.3 Å². The third-order valence-electron chi connectivity index (χ3n) is 2.01. The number of carbonyl (C=O) groups excluding carboxylic acids is 1. The summed E-state index contributed by atoms with van der Waals surface area (Å²) in [6.45, 7) is 0. The normalized spacial score (nSPS) is 10.4. The highest BCUT2D eigenvalue weighted by Crippen LogP contribution is 2.28. The van der Waals surface area contributed by atoms with Crippen LogP contribution in [0.4, 0.5) is 0 Å². The maximum atomic E-state index is 12.1. The Hall–Kier alpha value is -0.350. The van der Waals surface area contributed by atoms with Crippen molar-refractivity contribution in [2.24, 2.45) is 0 Å². The molecule has 0 bridgehead atoms. The lowest BCUT2D eigenvalue weighted by molar-refractivity contribution is 0.104. The van der Waals surface area contributed by atoms with Crippen molar-refractivity contribution in [3.8, 4) is 0 Å². The predicted octanol–water partition coefficient (Wildman–Crippen LogP) is 5.05. The molecule has 0 unspecified atom stereocenters. The van der Waals surface area contributed by atoms with Gasteiger partial charge in [0.15, 0.2) is 0 Å². The lowest BCUT2D eigenvalue weighted by atomic mass is 10.1. The summed E-state index contributed by atoms with van der Waals surface area (Å²) in [5, 5.41) is 2.86. The third kappa shape index (κ3) is 2.33. The summed E-state index contributed by atoms with van der Waals surface area (Å²) in [5.74, 6) is -0.0858. The van der Waals surface area contributed by atoms with Gasteiger partial charge in [-0.3, -0.25) is 4.79 Å². The minimum Gasteiger partial charge on any atom is -0.288 e. The lowest BCUT2D eigenvalue weighted by Crippen LogP contribution is -1.99. The van der Waals surface area contributed by atoms with Crippen LogP contribution < -0.4 is 0 Å². The zero-order valence-corrected chi connectivity index (χ0v) is 11.8. The van der Waals surface area contributed by atoms with Gasteiger partial charge in [-0.2, -0.15) is 0 Å². The van der Waals surface area contributed by atoms with E-state index >= 15 is 0 Å². The van der Waals surface area contributed by atoms with Crippen molar-refractivity contribution in [3.63, 3.8) is 0 Å². The highest BCUT2D eigenvalue weighted by Gasteiger charge is 2.15. The molecular formula is C11H5BrCl2OS. The molecule has 82 valence electrons. The molecule has 0 saturated carbocycles. The van der Waals surface area contributed by atoms with Crippen molar-refractivity contribution in [1.29, 1.82) is 0 Å².